The van der Waals surface area contributed by atoms with Crippen molar-refractivity contribution in [2.45, 2.75) is 53.2 Å². The van der Waals surface area contributed by atoms with Gasteiger partial charge in [-0.25, -0.2) is 23.7 Å². The lowest BCUT2D eigenvalue weighted by atomic mass is 10.1. The third kappa shape index (κ3) is 5.36. The summed E-state index contributed by atoms with van der Waals surface area (Å²) in [6, 6.07) is 6.98. The van der Waals surface area contributed by atoms with Crippen molar-refractivity contribution in [1.82, 2.24) is 19.5 Å². The largest absolute Gasteiger partial charge is 0.444 e. The molecule has 1 atom stereocenters. The number of halogens is 1. The summed E-state index contributed by atoms with van der Waals surface area (Å²) in [5.74, 6) is -0.465. The number of rotatable bonds is 3. The van der Waals surface area contributed by atoms with Gasteiger partial charge in [-0.2, -0.15) is 5.10 Å². The highest BCUT2D eigenvalue weighted by molar-refractivity contribution is 5.99. The topological polar surface area (TPSA) is 101 Å². The Bertz CT molecular complexity index is 1290. The maximum Gasteiger partial charge on any atom is 0.410 e. The minimum atomic E-state index is -0.564. The zero-order chi connectivity index (χ0) is 25.5. The first kappa shape index (κ1) is 24.4. The fraction of sp³-hybridized carbons (Fsp3) is 0.440. The number of nitrogens with two attached hydrogens (primary N) is 1. The second-order valence-electron chi connectivity index (χ2n) is 9.97. The molecule has 10 heteroatoms. The molecule has 0 aliphatic carbocycles. The summed E-state index contributed by atoms with van der Waals surface area (Å²) in [6.07, 6.45) is 1.24. The Morgan fingerprint density at radius 1 is 1.20 bits per heavy atom. The lowest BCUT2D eigenvalue weighted by Gasteiger charge is -2.41. The molecule has 1 aliphatic rings. The average Bonchev–Trinajstić information content (AvgIpc) is 3.14. The van der Waals surface area contributed by atoms with Crippen molar-refractivity contribution < 1.29 is 13.9 Å². The van der Waals surface area contributed by atoms with Crippen molar-refractivity contribution >= 4 is 29.0 Å². The molecule has 1 aliphatic heterocycles. The molecule has 3 aromatic rings. The van der Waals surface area contributed by atoms with Crippen LogP contribution in [-0.4, -0.2) is 62.7 Å². The van der Waals surface area contributed by atoms with Crippen LogP contribution in [0.1, 0.15) is 44.6 Å². The van der Waals surface area contributed by atoms with E-state index in [1.54, 1.807) is 11.1 Å². The summed E-state index contributed by atoms with van der Waals surface area (Å²) < 4.78 is 22.3. The van der Waals surface area contributed by atoms with Crippen LogP contribution in [0.5, 0.6) is 0 Å². The molecule has 186 valence electrons. The van der Waals surface area contributed by atoms with E-state index in [1.165, 1.54) is 6.07 Å². The van der Waals surface area contributed by atoms with E-state index in [0.29, 0.717) is 30.9 Å². The van der Waals surface area contributed by atoms with E-state index in [2.05, 4.69) is 15.1 Å². The van der Waals surface area contributed by atoms with Crippen LogP contribution in [0.2, 0.25) is 0 Å². The van der Waals surface area contributed by atoms with Crippen LogP contribution < -0.4 is 10.6 Å². The number of amidine groups is 1. The average molecular weight is 482 g/mol. The Morgan fingerprint density at radius 2 is 1.94 bits per heavy atom. The van der Waals surface area contributed by atoms with Gasteiger partial charge in [-0.1, -0.05) is 0 Å². The number of aliphatic imine (C=N–C) groups is 1. The standard InChI is InChI=1S/C25H32FN7O2/c1-15-9-19-11-18(10-16(2)33(19)30-15)22(27)29-23-21(26)12-20(13-28-23)31-7-8-32(17(3)14-31)24(34)35-25(4,5)6/h9-13,17H,7-8,14H2,1-6H3,(H2,27,28,29). The first-order valence-electron chi connectivity index (χ1n) is 11.6. The van der Waals surface area contributed by atoms with E-state index in [1.807, 2.05) is 69.2 Å². The lowest BCUT2D eigenvalue weighted by molar-refractivity contribution is 0.0159. The van der Waals surface area contributed by atoms with Gasteiger partial charge in [0.2, 0.25) is 0 Å². The van der Waals surface area contributed by atoms with Gasteiger partial charge < -0.3 is 20.3 Å². The molecule has 1 fully saturated rings. The molecule has 35 heavy (non-hydrogen) atoms. The van der Waals surface area contributed by atoms with E-state index in [9.17, 15) is 9.18 Å². The molecule has 9 nitrogen and oxygen atoms in total. The lowest BCUT2D eigenvalue weighted by Crippen LogP contribution is -2.55. The van der Waals surface area contributed by atoms with E-state index < -0.39 is 11.4 Å². The minimum Gasteiger partial charge on any atom is -0.444 e. The van der Waals surface area contributed by atoms with Gasteiger partial charge in [-0.05, 0) is 59.7 Å². The number of carbonyl (C=O) groups excluding carboxylic acids is 1. The molecule has 3 aromatic heterocycles. The van der Waals surface area contributed by atoms with Gasteiger partial charge in [0.25, 0.3) is 0 Å². The van der Waals surface area contributed by atoms with Gasteiger partial charge in [0.05, 0.1) is 23.1 Å². The number of ether oxygens (including phenoxy) is 1. The highest BCUT2D eigenvalue weighted by atomic mass is 19.1. The number of anilines is 1. The van der Waals surface area contributed by atoms with Crippen molar-refractivity contribution in [1.29, 1.82) is 0 Å². The summed E-state index contributed by atoms with van der Waals surface area (Å²) in [7, 11) is 0. The molecular weight excluding hydrogens is 449 g/mol. The smallest absolute Gasteiger partial charge is 0.410 e. The van der Waals surface area contributed by atoms with Crippen LogP contribution >= 0.6 is 0 Å². The zero-order valence-corrected chi connectivity index (χ0v) is 21.0. The quantitative estimate of drug-likeness (QED) is 0.449. The fourth-order valence-corrected chi connectivity index (χ4v) is 4.18. The monoisotopic (exact) mass is 481 g/mol. The number of amides is 1. The number of fused-ring (bicyclic) bond motifs is 1. The first-order valence-corrected chi connectivity index (χ1v) is 11.6. The molecule has 1 unspecified atom stereocenters. The summed E-state index contributed by atoms with van der Waals surface area (Å²) >= 11 is 0. The van der Waals surface area contributed by atoms with Crippen LogP contribution in [0.25, 0.3) is 5.52 Å². The zero-order valence-electron chi connectivity index (χ0n) is 21.0. The van der Waals surface area contributed by atoms with E-state index >= 15 is 0 Å². The predicted molar refractivity (Wildman–Crippen MR) is 134 cm³/mol. The number of nitrogens with zero attached hydrogens (tertiary/aromatic N) is 6. The maximum atomic E-state index is 15.0. The van der Waals surface area contributed by atoms with Gasteiger partial charge in [0.1, 0.15) is 11.4 Å². The number of hydrogen-bond acceptors (Lipinski definition) is 6. The molecule has 2 N–H and O–H groups in total. The number of piperazine rings is 1. The van der Waals surface area contributed by atoms with Crippen LogP contribution in [-0.2, 0) is 4.74 Å². The molecule has 0 radical (unpaired) electrons. The number of hydrogen-bond donors (Lipinski definition) is 1. The van der Waals surface area contributed by atoms with Gasteiger partial charge in [0, 0.05) is 43.0 Å². The summed E-state index contributed by atoms with van der Waals surface area (Å²) in [6.45, 7) is 12.9. The van der Waals surface area contributed by atoms with Crippen molar-refractivity contribution in [3.05, 3.63) is 53.2 Å². The Hall–Kier alpha value is -3.69. The number of pyridine rings is 2. The molecule has 4 rings (SSSR count). The third-order valence-corrected chi connectivity index (χ3v) is 5.81. The minimum absolute atomic E-state index is 0.0751. The van der Waals surface area contributed by atoms with Gasteiger partial charge in [0.15, 0.2) is 11.6 Å². The van der Waals surface area contributed by atoms with Gasteiger partial charge >= 0.3 is 6.09 Å². The van der Waals surface area contributed by atoms with E-state index in [4.69, 9.17) is 10.5 Å². The van der Waals surface area contributed by atoms with Crippen LogP contribution in [0.4, 0.5) is 20.7 Å². The first-order chi connectivity index (χ1) is 16.4. The summed E-state index contributed by atoms with van der Waals surface area (Å²) in [5.41, 5.74) is 9.63. The Labute approximate surface area is 204 Å². The van der Waals surface area contributed by atoms with Crippen molar-refractivity contribution in [2.75, 3.05) is 24.5 Å². The SMILES string of the molecule is Cc1cc2cc(/C(N)=N/c3ncc(N4CCN(C(=O)OC(C)(C)C)C(C)C4)cc3F)cc(C)n2n1. The molecule has 4 heterocycles. The maximum absolute atomic E-state index is 15.0. The van der Waals surface area contributed by atoms with E-state index in [0.717, 1.165) is 16.9 Å². The highest BCUT2D eigenvalue weighted by Gasteiger charge is 2.31. The molecule has 0 bridgehead atoms. The van der Waals surface area contributed by atoms with Gasteiger partial charge in [-0.15, -0.1) is 0 Å². The summed E-state index contributed by atoms with van der Waals surface area (Å²) in [5, 5.41) is 4.43. The number of aromatic nitrogens is 3. The second kappa shape index (κ2) is 9.16. The van der Waals surface area contributed by atoms with Crippen LogP contribution in [0, 0.1) is 19.7 Å². The number of aryl methyl sites for hydroxylation is 2. The molecule has 1 amide bonds. The van der Waals surface area contributed by atoms with Crippen molar-refractivity contribution in [3.8, 4) is 0 Å². The second-order valence-corrected chi connectivity index (χ2v) is 9.97. The van der Waals surface area contributed by atoms with Gasteiger partial charge in [-0.3, -0.25) is 0 Å². The predicted octanol–water partition coefficient (Wildman–Crippen LogP) is 3.97. The third-order valence-electron chi connectivity index (χ3n) is 5.81. The summed E-state index contributed by atoms with van der Waals surface area (Å²) in [4.78, 5) is 24.6. The molecule has 0 spiro atoms. The highest BCUT2D eigenvalue weighted by Crippen LogP contribution is 2.25. The number of carbonyl (C=O) groups is 1. The molecular formula is C25H32FN7O2. The molecule has 0 aromatic carbocycles. The fourth-order valence-electron chi connectivity index (χ4n) is 4.18. The normalized spacial score (nSPS) is 17.2. The molecule has 1 saturated heterocycles. The van der Waals surface area contributed by atoms with E-state index in [-0.39, 0.29) is 23.8 Å². The Morgan fingerprint density at radius 3 is 2.60 bits per heavy atom. The Balaban J connectivity index is 1.49. The molecule has 0 saturated carbocycles. The Kier molecular flexibility index (Phi) is 6.40. The van der Waals surface area contributed by atoms with Crippen LogP contribution in [0.15, 0.2) is 35.5 Å². The van der Waals surface area contributed by atoms with Crippen molar-refractivity contribution in [2.24, 2.45) is 10.7 Å². The van der Waals surface area contributed by atoms with Crippen molar-refractivity contribution in [3.63, 3.8) is 0 Å². The van der Waals surface area contributed by atoms with Crippen LogP contribution in [0.3, 0.4) is 0 Å².